The van der Waals surface area contributed by atoms with Gasteiger partial charge in [-0.3, -0.25) is 4.57 Å². The van der Waals surface area contributed by atoms with Crippen LogP contribution in [0, 0.1) is 0 Å². The van der Waals surface area contributed by atoms with Gasteiger partial charge in [0.2, 0.25) is 0 Å². The molecule has 0 aliphatic carbocycles. The standard InChI is InChI=1S/C6H10O3.CH5O3P/c1(5-3-8-5)7-2-6-4-9-6;1-5(2,3)4/h5-6H,1-4H2;1H3,(H2,2,3,4). The van der Waals surface area contributed by atoms with Crippen molar-refractivity contribution >= 4 is 7.60 Å². The number of ether oxygens (including phenoxy) is 3. The van der Waals surface area contributed by atoms with Gasteiger partial charge in [0.1, 0.15) is 12.2 Å². The summed E-state index contributed by atoms with van der Waals surface area (Å²) >= 11 is 0. The van der Waals surface area contributed by atoms with Gasteiger partial charge in [0, 0.05) is 6.66 Å². The Morgan fingerprint density at radius 2 is 1.57 bits per heavy atom. The van der Waals surface area contributed by atoms with Gasteiger partial charge in [0.05, 0.1) is 26.4 Å². The van der Waals surface area contributed by atoms with Crippen LogP contribution in [-0.2, 0) is 18.8 Å². The Hall–Kier alpha value is 0.0300. The van der Waals surface area contributed by atoms with E-state index in [-0.39, 0.29) is 0 Å². The van der Waals surface area contributed by atoms with E-state index in [2.05, 4.69) is 0 Å². The molecular formula is C7H15O6P. The molecule has 0 bridgehead atoms. The average Bonchev–Trinajstić information content (AvgIpc) is 2.75. The normalized spacial score (nSPS) is 29.1. The molecule has 0 spiro atoms. The van der Waals surface area contributed by atoms with E-state index in [1.54, 1.807) is 0 Å². The van der Waals surface area contributed by atoms with Gasteiger partial charge in [0.25, 0.3) is 0 Å². The van der Waals surface area contributed by atoms with E-state index in [1.165, 1.54) is 0 Å². The summed E-state index contributed by atoms with van der Waals surface area (Å²) in [6, 6.07) is 0. The molecule has 2 aliphatic heterocycles. The largest absolute Gasteiger partial charge is 0.376 e. The van der Waals surface area contributed by atoms with E-state index in [4.69, 9.17) is 24.0 Å². The molecule has 84 valence electrons. The number of hydrogen-bond donors (Lipinski definition) is 2. The summed E-state index contributed by atoms with van der Waals surface area (Å²) in [5.41, 5.74) is 0. The Labute approximate surface area is 82.3 Å². The van der Waals surface area contributed by atoms with E-state index in [0.717, 1.165) is 33.1 Å². The van der Waals surface area contributed by atoms with E-state index in [0.29, 0.717) is 12.2 Å². The summed E-state index contributed by atoms with van der Waals surface area (Å²) in [6.07, 6.45) is 0.785. The summed E-state index contributed by atoms with van der Waals surface area (Å²) in [5.74, 6) is 0. The van der Waals surface area contributed by atoms with Crippen LogP contribution in [0.15, 0.2) is 0 Å². The molecule has 0 aromatic rings. The third-order valence-electron chi connectivity index (χ3n) is 1.41. The van der Waals surface area contributed by atoms with Gasteiger partial charge in [-0.15, -0.1) is 0 Å². The fourth-order valence-electron chi connectivity index (χ4n) is 0.659. The maximum absolute atomic E-state index is 9.33. The Bertz CT molecular complexity index is 186. The van der Waals surface area contributed by atoms with Crippen LogP contribution in [0.5, 0.6) is 0 Å². The third-order valence-corrected chi connectivity index (χ3v) is 1.41. The van der Waals surface area contributed by atoms with Gasteiger partial charge in [-0.2, -0.15) is 0 Å². The molecule has 0 aromatic carbocycles. The van der Waals surface area contributed by atoms with Crippen LogP contribution in [0.1, 0.15) is 0 Å². The van der Waals surface area contributed by atoms with Gasteiger partial charge < -0.3 is 24.0 Å². The maximum atomic E-state index is 9.33. The number of epoxide rings is 2. The molecule has 14 heavy (non-hydrogen) atoms. The van der Waals surface area contributed by atoms with Crippen LogP contribution in [-0.4, -0.2) is 55.1 Å². The molecular weight excluding hydrogens is 211 g/mol. The highest BCUT2D eigenvalue weighted by atomic mass is 31.2. The predicted molar refractivity (Wildman–Crippen MR) is 48.3 cm³/mol. The van der Waals surface area contributed by atoms with Crippen molar-refractivity contribution in [1.29, 1.82) is 0 Å². The van der Waals surface area contributed by atoms with Crippen LogP contribution < -0.4 is 0 Å². The molecule has 2 fully saturated rings. The van der Waals surface area contributed by atoms with E-state index >= 15 is 0 Å². The molecule has 6 nitrogen and oxygen atoms in total. The van der Waals surface area contributed by atoms with E-state index in [9.17, 15) is 4.57 Å². The zero-order valence-electron chi connectivity index (χ0n) is 7.96. The zero-order chi connectivity index (χ0) is 10.6. The molecule has 2 heterocycles. The average molecular weight is 226 g/mol. The number of rotatable bonds is 4. The minimum absolute atomic E-state index is 0.392. The lowest BCUT2D eigenvalue weighted by atomic mass is 10.5. The quantitative estimate of drug-likeness (QED) is 0.500. The molecule has 0 aromatic heterocycles. The van der Waals surface area contributed by atoms with Crippen molar-refractivity contribution in [2.75, 3.05) is 33.1 Å². The first-order valence-electron chi connectivity index (χ1n) is 4.29. The molecule has 0 saturated carbocycles. The smallest absolute Gasteiger partial charge is 0.322 e. The maximum Gasteiger partial charge on any atom is 0.322 e. The highest BCUT2D eigenvalue weighted by Crippen LogP contribution is 2.26. The summed E-state index contributed by atoms with van der Waals surface area (Å²) in [5, 5.41) is 0. The lowest BCUT2D eigenvalue weighted by Crippen LogP contribution is -2.06. The first-order chi connectivity index (χ1) is 6.45. The van der Waals surface area contributed by atoms with Crippen LogP contribution in [0.4, 0.5) is 0 Å². The molecule has 2 N–H and O–H groups in total. The molecule has 2 atom stereocenters. The van der Waals surface area contributed by atoms with Crippen molar-refractivity contribution in [3.05, 3.63) is 0 Å². The molecule has 7 heteroatoms. The zero-order valence-corrected chi connectivity index (χ0v) is 8.85. The van der Waals surface area contributed by atoms with E-state index < -0.39 is 7.60 Å². The number of hydrogen-bond acceptors (Lipinski definition) is 4. The van der Waals surface area contributed by atoms with Crippen molar-refractivity contribution in [3.63, 3.8) is 0 Å². The molecule has 2 rings (SSSR count). The monoisotopic (exact) mass is 226 g/mol. The summed E-state index contributed by atoms with van der Waals surface area (Å²) < 4.78 is 24.4. The van der Waals surface area contributed by atoms with Gasteiger partial charge >= 0.3 is 7.60 Å². The first kappa shape index (κ1) is 12.1. The van der Waals surface area contributed by atoms with Crippen LogP contribution in [0.2, 0.25) is 0 Å². The highest BCUT2D eigenvalue weighted by molar-refractivity contribution is 7.50. The van der Waals surface area contributed by atoms with Gasteiger partial charge in [-0.05, 0) is 0 Å². The predicted octanol–water partition coefficient (Wildman–Crippen LogP) is -0.406. The topological polar surface area (TPSA) is 91.8 Å². The van der Waals surface area contributed by atoms with Crippen molar-refractivity contribution < 1.29 is 28.6 Å². The summed E-state index contributed by atoms with van der Waals surface area (Å²) in [6.45, 7) is 4.11. The van der Waals surface area contributed by atoms with Crippen LogP contribution in [0.3, 0.4) is 0 Å². The Balaban J connectivity index is 0.000000171. The van der Waals surface area contributed by atoms with Gasteiger partial charge in [0.15, 0.2) is 0 Å². The second kappa shape index (κ2) is 5.21. The Morgan fingerprint density at radius 1 is 1.29 bits per heavy atom. The molecule has 2 saturated heterocycles. The van der Waals surface area contributed by atoms with Crippen LogP contribution >= 0.6 is 7.60 Å². The SMILES string of the molecule is C(OCC1CO1)C1CO1.CP(=O)(O)O. The van der Waals surface area contributed by atoms with Gasteiger partial charge in [-0.1, -0.05) is 0 Å². The first-order valence-corrected chi connectivity index (χ1v) is 6.35. The summed E-state index contributed by atoms with van der Waals surface area (Å²) in [7, 11) is -3.64. The minimum atomic E-state index is -3.64. The third kappa shape index (κ3) is 10.1. The lowest BCUT2D eigenvalue weighted by Gasteiger charge is -1.95. The molecule has 0 radical (unpaired) electrons. The lowest BCUT2D eigenvalue weighted by molar-refractivity contribution is 0.102. The Kier molecular flexibility index (Phi) is 4.50. The Morgan fingerprint density at radius 3 is 1.79 bits per heavy atom. The molecule has 0 amide bonds. The second-order valence-corrected chi connectivity index (χ2v) is 4.95. The molecule has 2 aliphatic rings. The summed E-state index contributed by atoms with van der Waals surface area (Å²) in [4.78, 5) is 15.3. The van der Waals surface area contributed by atoms with Crippen molar-refractivity contribution in [3.8, 4) is 0 Å². The van der Waals surface area contributed by atoms with E-state index in [1.807, 2.05) is 0 Å². The van der Waals surface area contributed by atoms with Gasteiger partial charge in [-0.25, -0.2) is 0 Å². The fraction of sp³-hybridized carbons (Fsp3) is 1.00. The second-order valence-electron chi connectivity index (χ2n) is 3.28. The van der Waals surface area contributed by atoms with Crippen molar-refractivity contribution in [2.45, 2.75) is 12.2 Å². The van der Waals surface area contributed by atoms with Crippen molar-refractivity contribution in [1.82, 2.24) is 0 Å². The minimum Gasteiger partial charge on any atom is -0.376 e. The highest BCUT2D eigenvalue weighted by Gasteiger charge is 2.26. The molecule has 2 unspecified atom stereocenters. The van der Waals surface area contributed by atoms with Crippen LogP contribution in [0.25, 0.3) is 0 Å². The fourth-order valence-corrected chi connectivity index (χ4v) is 0.659. The van der Waals surface area contributed by atoms with Crippen molar-refractivity contribution in [2.24, 2.45) is 0 Å².